The highest BCUT2D eigenvalue weighted by molar-refractivity contribution is 5.88. The van der Waals surface area contributed by atoms with Gasteiger partial charge in [0.15, 0.2) is 0 Å². The van der Waals surface area contributed by atoms with Crippen molar-refractivity contribution in [2.75, 3.05) is 6.54 Å². The molecule has 0 saturated carbocycles. The first-order valence-corrected chi connectivity index (χ1v) is 9.93. The summed E-state index contributed by atoms with van der Waals surface area (Å²) in [6, 6.07) is 12.8. The van der Waals surface area contributed by atoms with Crippen LogP contribution in [0.2, 0.25) is 0 Å². The number of carboxylic acid groups (broad SMARTS) is 1. The van der Waals surface area contributed by atoms with Crippen LogP contribution < -0.4 is 10.9 Å². The summed E-state index contributed by atoms with van der Waals surface area (Å²) in [6.45, 7) is 6.21. The van der Waals surface area contributed by atoms with Gasteiger partial charge >= 0.3 is 5.97 Å². The van der Waals surface area contributed by atoms with E-state index in [0.717, 1.165) is 5.56 Å². The fraction of sp³-hybridized carbons (Fsp3) is 0.304. The third-order valence-electron chi connectivity index (χ3n) is 4.64. The van der Waals surface area contributed by atoms with E-state index in [0.29, 0.717) is 22.9 Å². The van der Waals surface area contributed by atoms with Crippen molar-refractivity contribution >= 4 is 16.9 Å². The molecule has 3 aromatic rings. The molecular formula is C23H28N2O5. The lowest BCUT2D eigenvalue weighted by atomic mass is 10.0. The number of phenolic OH excluding ortho intramolecular Hbond substituents is 1. The molecule has 0 spiro atoms. The summed E-state index contributed by atoms with van der Waals surface area (Å²) in [7, 11) is 0. The molecule has 160 valence electrons. The van der Waals surface area contributed by atoms with E-state index in [4.69, 9.17) is 5.11 Å². The number of aliphatic hydroxyl groups excluding tert-OH is 1. The molecule has 0 aliphatic rings. The average Bonchev–Trinajstić information content (AvgIpc) is 2.74. The fourth-order valence-electron chi connectivity index (χ4n) is 3.23. The number of phenols is 1. The lowest BCUT2D eigenvalue weighted by molar-refractivity contribution is 0.0696. The number of fused-ring (bicyclic) bond motifs is 1. The maximum absolute atomic E-state index is 11.5. The molecule has 30 heavy (non-hydrogen) atoms. The standard InChI is InChI=1S/C21H22N2O5.C2H6/c1-12(9-13-3-2-4-14(10-13)21(27)28)22-11-18(25)15-5-7-17(24)20-16(15)6-8-19(26)23-20;1-2/h2-8,10,12,18,22,24-25H,9,11H2,1H3,(H,23,26)(H,27,28);1-2H3. The number of hydrogen-bond donors (Lipinski definition) is 5. The number of aromatic carboxylic acids is 1. The molecule has 3 rings (SSSR count). The van der Waals surface area contributed by atoms with Crippen molar-refractivity contribution in [3.8, 4) is 5.75 Å². The molecule has 5 N–H and O–H groups in total. The van der Waals surface area contributed by atoms with E-state index in [1.54, 1.807) is 30.3 Å². The van der Waals surface area contributed by atoms with Crippen LogP contribution >= 0.6 is 0 Å². The molecule has 0 saturated heterocycles. The second-order valence-corrected chi connectivity index (χ2v) is 6.82. The van der Waals surface area contributed by atoms with Crippen molar-refractivity contribution in [2.45, 2.75) is 39.3 Å². The van der Waals surface area contributed by atoms with Gasteiger partial charge in [-0.05, 0) is 48.7 Å². The minimum absolute atomic E-state index is 0.00174. The number of aromatic amines is 1. The van der Waals surface area contributed by atoms with Crippen molar-refractivity contribution in [1.29, 1.82) is 0 Å². The number of nitrogens with one attached hydrogen (secondary N) is 2. The molecule has 0 fully saturated rings. The predicted molar refractivity (Wildman–Crippen MR) is 117 cm³/mol. The molecule has 0 radical (unpaired) electrons. The Morgan fingerprint density at radius 1 is 1.13 bits per heavy atom. The molecule has 2 atom stereocenters. The summed E-state index contributed by atoms with van der Waals surface area (Å²) in [6.07, 6.45) is -0.237. The van der Waals surface area contributed by atoms with E-state index in [-0.39, 0.29) is 29.5 Å². The number of hydrogen-bond acceptors (Lipinski definition) is 5. The summed E-state index contributed by atoms with van der Waals surface area (Å²) in [4.78, 5) is 25.1. The van der Waals surface area contributed by atoms with Gasteiger partial charge in [0.25, 0.3) is 0 Å². The van der Waals surface area contributed by atoms with Crippen LogP contribution in [0.4, 0.5) is 0 Å². The molecule has 7 nitrogen and oxygen atoms in total. The average molecular weight is 412 g/mol. The number of carbonyl (C=O) groups is 1. The number of carboxylic acids is 1. The van der Waals surface area contributed by atoms with Gasteiger partial charge in [-0.25, -0.2) is 4.79 Å². The summed E-state index contributed by atoms with van der Waals surface area (Å²) in [5.74, 6) is -1.02. The number of benzene rings is 2. The molecule has 1 aromatic heterocycles. The number of H-pyrrole nitrogens is 1. The van der Waals surface area contributed by atoms with E-state index in [9.17, 15) is 19.8 Å². The highest BCUT2D eigenvalue weighted by Crippen LogP contribution is 2.28. The smallest absolute Gasteiger partial charge is 0.335 e. The Labute approximate surface area is 175 Å². The SMILES string of the molecule is CC.CC(Cc1cccc(C(=O)O)c1)NCC(O)c1ccc(O)c2[nH]c(=O)ccc12. The molecule has 0 aliphatic heterocycles. The number of pyridine rings is 1. The lowest BCUT2D eigenvalue weighted by Crippen LogP contribution is -2.32. The van der Waals surface area contributed by atoms with Crippen molar-refractivity contribution in [3.05, 3.63) is 75.6 Å². The molecule has 1 heterocycles. The zero-order valence-corrected chi connectivity index (χ0v) is 17.3. The third kappa shape index (κ3) is 5.68. The quantitative estimate of drug-likeness (QED) is 0.406. The first-order valence-electron chi connectivity index (χ1n) is 9.93. The highest BCUT2D eigenvalue weighted by Gasteiger charge is 2.15. The summed E-state index contributed by atoms with van der Waals surface area (Å²) in [5, 5.41) is 33.4. The van der Waals surface area contributed by atoms with Crippen LogP contribution in [-0.2, 0) is 6.42 Å². The highest BCUT2D eigenvalue weighted by atomic mass is 16.4. The number of aromatic hydroxyl groups is 1. The van der Waals surface area contributed by atoms with Gasteiger partial charge < -0.3 is 25.6 Å². The first kappa shape index (κ1) is 23.1. The van der Waals surface area contributed by atoms with Crippen LogP contribution in [0.3, 0.4) is 0 Å². The maximum Gasteiger partial charge on any atom is 0.335 e. The van der Waals surface area contributed by atoms with E-state index in [2.05, 4.69) is 10.3 Å². The Balaban J connectivity index is 0.00000155. The molecule has 0 amide bonds. The zero-order valence-electron chi connectivity index (χ0n) is 17.3. The Morgan fingerprint density at radius 2 is 1.87 bits per heavy atom. The summed E-state index contributed by atoms with van der Waals surface area (Å²) in [5.41, 5.74) is 1.69. The van der Waals surface area contributed by atoms with E-state index < -0.39 is 12.1 Å². The van der Waals surface area contributed by atoms with Gasteiger partial charge in [-0.1, -0.05) is 32.0 Å². The van der Waals surface area contributed by atoms with Crippen LogP contribution in [0.15, 0.2) is 53.3 Å². The van der Waals surface area contributed by atoms with Gasteiger partial charge in [0, 0.05) is 24.0 Å². The van der Waals surface area contributed by atoms with Crippen molar-refractivity contribution in [1.82, 2.24) is 10.3 Å². The van der Waals surface area contributed by atoms with Gasteiger partial charge in [0.05, 0.1) is 17.2 Å². The summed E-state index contributed by atoms with van der Waals surface area (Å²) < 4.78 is 0. The van der Waals surface area contributed by atoms with Gasteiger partial charge in [-0.15, -0.1) is 0 Å². The van der Waals surface area contributed by atoms with Gasteiger partial charge in [0.1, 0.15) is 5.75 Å². The molecule has 0 bridgehead atoms. The van der Waals surface area contributed by atoms with Gasteiger partial charge in [0.2, 0.25) is 5.56 Å². The Kier molecular flexibility index (Phi) is 8.15. The second kappa shape index (κ2) is 10.6. The Bertz CT molecular complexity index is 1060. The van der Waals surface area contributed by atoms with E-state index >= 15 is 0 Å². The Morgan fingerprint density at radius 3 is 2.57 bits per heavy atom. The van der Waals surface area contributed by atoms with Crippen LogP contribution in [0.5, 0.6) is 5.75 Å². The third-order valence-corrected chi connectivity index (χ3v) is 4.64. The number of aliphatic hydroxyl groups is 1. The van der Waals surface area contributed by atoms with Crippen LogP contribution in [0, 0.1) is 0 Å². The normalized spacial score (nSPS) is 12.7. The molecule has 0 aliphatic carbocycles. The largest absolute Gasteiger partial charge is 0.506 e. The molecule has 2 unspecified atom stereocenters. The topological polar surface area (TPSA) is 123 Å². The fourth-order valence-corrected chi connectivity index (χ4v) is 3.23. The lowest BCUT2D eigenvalue weighted by Gasteiger charge is -2.19. The number of aromatic nitrogens is 1. The van der Waals surface area contributed by atoms with Crippen LogP contribution in [0.1, 0.15) is 48.4 Å². The number of rotatable bonds is 7. The van der Waals surface area contributed by atoms with Gasteiger partial charge in [-0.2, -0.15) is 0 Å². The molecule has 7 heteroatoms. The van der Waals surface area contributed by atoms with Crippen molar-refractivity contribution in [3.63, 3.8) is 0 Å². The van der Waals surface area contributed by atoms with Gasteiger partial charge in [-0.3, -0.25) is 4.79 Å². The minimum atomic E-state index is -0.963. The maximum atomic E-state index is 11.5. The molecule has 2 aromatic carbocycles. The van der Waals surface area contributed by atoms with Crippen LogP contribution in [0.25, 0.3) is 10.9 Å². The first-order chi connectivity index (χ1) is 14.3. The Hall–Kier alpha value is -3.16. The predicted octanol–water partition coefficient (Wildman–Crippen LogP) is 3.21. The zero-order chi connectivity index (χ0) is 22.3. The summed E-state index contributed by atoms with van der Waals surface area (Å²) >= 11 is 0. The van der Waals surface area contributed by atoms with E-state index in [1.807, 2.05) is 26.8 Å². The minimum Gasteiger partial charge on any atom is -0.506 e. The van der Waals surface area contributed by atoms with Crippen molar-refractivity contribution < 1.29 is 20.1 Å². The van der Waals surface area contributed by atoms with Crippen LogP contribution in [-0.4, -0.2) is 38.9 Å². The van der Waals surface area contributed by atoms with Crippen molar-refractivity contribution in [2.24, 2.45) is 0 Å². The van der Waals surface area contributed by atoms with E-state index in [1.165, 1.54) is 12.1 Å². The monoisotopic (exact) mass is 412 g/mol. The molecular weight excluding hydrogens is 384 g/mol. The second-order valence-electron chi connectivity index (χ2n) is 6.82.